The lowest BCUT2D eigenvalue weighted by Gasteiger charge is -1.79. The fourth-order valence-corrected chi connectivity index (χ4v) is 0.291. The van der Waals surface area contributed by atoms with E-state index in [1.807, 2.05) is 13.0 Å². The van der Waals surface area contributed by atoms with E-state index in [-0.39, 0.29) is 0 Å². The molecule has 0 radical (unpaired) electrons. The molecule has 2 heteroatoms. The van der Waals surface area contributed by atoms with Crippen molar-refractivity contribution in [3.8, 4) is 12.1 Å². The Labute approximate surface area is 48.7 Å². The molecule has 0 heterocycles. The van der Waals surface area contributed by atoms with Gasteiger partial charge in [0, 0.05) is 11.6 Å². The molecule has 0 atom stereocenters. The fraction of sp³-hybridized carbons (Fsp3) is 0.333. The molecule has 0 aliphatic rings. The minimum atomic E-state index is 0.535. The van der Waals surface area contributed by atoms with Gasteiger partial charge in [-0.05, 0) is 6.42 Å². The quantitative estimate of drug-likeness (QED) is 0.474. The SMILES string of the molecule is CC/C(C#N)=C\C#N. The van der Waals surface area contributed by atoms with Crippen LogP contribution in [0.2, 0.25) is 0 Å². The van der Waals surface area contributed by atoms with Gasteiger partial charge in [0.2, 0.25) is 0 Å². The molecule has 0 rings (SSSR count). The molecule has 40 valence electrons. The largest absolute Gasteiger partial charge is 0.193 e. The van der Waals surface area contributed by atoms with Gasteiger partial charge >= 0.3 is 0 Å². The van der Waals surface area contributed by atoms with Crippen LogP contribution in [0.4, 0.5) is 0 Å². The second-order valence-corrected chi connectivity index (χ2v) is 1.26. The first kappa shape index (κ1) is 6.72. The molecule has 0 aliphatic carbocycles. The number of allylic oxidation sites excluding steroid dienone is 2. The van der Waals surface area contributed by atoms with Crippen LogP contribution in [0.1, 0.15) is 13.3 Å². The van der Waals surface area contributed by atoms with Gasteiger partial charge in [0.25, 0.3) is 0 Å². The van der Waals surface area contributed by atoms with Crippen LogP contribution in [0.5, 0.6) is 0 Å². The summed E-state index contributed by atoms with van der Waals surface area (Å²) in [5.41, 5.74) is 0.535. The summed E-state index contributed by atoms with van der Waals surface area (Å²) >= 11 is 0. The summed E-state index contributed by atoms with van der Waals surface area (Å²) < 4.78 is 0. The molecule has 2 nitrogen and oxygen atoms in total. The number of nitrogens with zero attached hydrogens (tertiary/aromatic N) is 2. The van der Waals surface area contributed by atoms with Gasteiger partial charge in [0.05, 0.1) is 12.1 Å². The summed E-state index contributed by atoms with van der Waals surface area (Å²) in [7, 11) is 0. The summed E-state index contributed by atoms with van der Waals surface area (Å²) in [6, 6.07) is 3.68. The van der Waals surface area contributed by atoms with Crippen LogP contribution < -0.4 is 0 Å². The maximum Gasteiger partial charge on any atom is 0.0954 e. The molecule has 0 saturated carbocycles. The lowest BCUT2D eigenvalue weighted by atomic mass is 10.2. The average molecular weight is 106 g/mol. The Balaban J connectivity index is 3.98. The molecule has 0 bridgehead atoms. The van der Waals surface area contributed by atoms with Crippen molar-refractivity contribution in [2.24, 2.45) is 0 Å². The zero-order valence-electron chi connectivity index (χ0n) is 4.68. The number of hydrogen-bond donors (Lipinski definition) is 0. The Hall–Kier alpha value is -1.28. The molecule has 0 spiro atoms. The van der Waals surface area contributed by atoms with E-state index in [0.29, 0.717) is 12.0 Å². The zero-order chi connectivity index (χ0) is 6.41. The highest BCUT2D eigenvalue weighted by atomic mass is 14.2. The monoisotopic (exact) mass is 106 g/mol. The second kappa shape index (κ2) is 3.89. The van der Waals surface area contributed by atoms with Gasteiger partial charge in [-0.25, -0.2) is 0 Å². The smallest absolute Gasteiger partial charge is 0.0954 e. The van der Waals surface area contributed by atoms with Crippen molar-refractivity contribution in [2.45, 2.75) is 13.3 Å². The third-order valence-corrected chi connectivity index (χ3v) is 0.763. The van der Waals surface area contributed by atoms with E-state index in [2.05, 4.69) is 0 Å². The Kier molecular flexibility index (Phi) is 3.27. The van der Waals surface area contributed by atoms with Crippen LogP contribution in [0.25, 0.3) is 0 Å². The molecule has 0 N–H and O–H groups in total. The van der Waals surface area contributed by atoms with Gasteiger partial charge in [-0.15, -0.1) is 0 Å². The van der Waals surface area contributed by atoms with E-state index >= 15 is 0 Å². The molecule has 0 aromatic heterocycles. The Morgan fingerprint density at radius 2 is 2.25 bits per heavy atom. The highest BCUT2D eigenvalue weighted by Crippen LogP contribution is 1.94. The average Bonchev–Trinajstić information content (AvgIpc) is 1.83. The topological polar surface area (TPSA) is 47.6 Å². The van der Waals surface area contributed by atoms with E-state index in [4.69, 9.17) is 10.5 Å². The third-order valence-electron chi connectivity index (χ3n) is 0.763. The van der Waals surface area contributed by atoms with Gasteiger partial charge in [0.1, 0.15) is 0 Å². The highest BCUT2D eigenvalue weighted by Gasteiger charge is 1.85. The van der Waals surface area contributed by atoms with Crippen molar-refractivity contribution in [1.82, 2.24) is 0 Å². The minimum absolute atomic E-state index is 0.535. The molecule has 0 fully saturated rings. The van der Waals surface area contributed by atoms with E-state index in [1.165, 1.54) is 6.08 Å². The van der Waals surface area contributed by atoms with Crippen molar-refractivity contribution in [1.29, 1.82) is 10.5 Å². The Morgan fingerprint density at radius 1 is 1.62 bits per heavy atom. The first-order chi connectivity index (χ1) is 3.85. The first-order valence-electron chi connectivity index (χ1n) is 2.34. The van der Waals surface area contributed by atoms with Crippen molar-refractivity contribution < 1.29 is 0 Å². The number of hydrogen-bond acceptors (Lipinski definition) is 2. The van der Waals surface area contributed by atoms with Crippen LogP contribution >= 0.6 is 0 Å². The molecular formula is C6H6N2. The maximum absolute atomic E-state index is 8.19. The fourth-order valence-electron chi connectivity index (χ4n) is 0.291. The molecule has 0 amide bonds. The predicted octanol–water partition coefficient (Wildman–Crippen LogP) is 1.37. The van der Waals surface area contributed by atoms with Crippen LogP contribution in [-0.2, 0) is 0 Å². The summed E-state index contributed by atoms with van der Waals surface area (Å²) in [5.74, 6) is 0. The Bertz CT molecular complexity index is 166. The lowest BCUT2D eigenvalue weighted by Crippen LogP contribution is -1.70. The van der Waals surface area contributed by atoms with E-state index in [1.54, 1.807) is 6.07 Å². The Morgan fingerprint density at radius 3 is 2.38 bits per heavy atom. The lowest BCUT2D eigenvalue weighted by molar-refractivity contribution is 1.15. The van der Waals surface area contributed by atoms with Crippen LogP contribution in [0, 0.1) is 22.7 Å². The standard InChI is InChI=1S/C6H6N2/c1-2-6(5-8)3-4-7/h3H,2H2,1H3/b6-3+. The minimum Gasteiger partial charge on any atom is -0.193 e. The summed E-state index contributed by atoms with van der Waals surface area (Å²) in [5, 5.41) is 16.2. The maximum atomic E-state index is 8.19. The summed E-state index contributed by atoms with van der Waals surface area (Å²) in [6.07, 6.45) is 1.91. The molecule has 0 aliphatic heterocycles. The molecule has 0 unspecified atom stereocenters. The van der Waals surface area contributed by atoms with Crippen LogP contribution in [0.3, 0.4) is 0 Å². The van der Waals surface area contributed by atoms with Crippen molar-refractivity contribution >= 4 is 0 Å². The molecule has 0 saturated heterocycles. The van der Waals surface area contributed by atoms with Crippen LogP contribution in [-0.4, -0.2) is 0 Å². The van der Waals surface area contributed by atoms with Gasteiger partial charge < -0.3 is 0 Å². The van der Waals surface area contributed by atoms with Crippen molar-refractivity contribution in [2.75, 3.05) is 0 Å². The van der Waals surface area contributed by atoms with E-state index in [0.717, 1.165) is 0 Å². The van der Waals surface area contributed by atoms with Crippen molar-refractivity contribution in [3.05, 3.63) is 11.6 Å². The summed E-state index contributed by atoms with van der Waals surface area (Å²) in [6.45, 7) is 1.84. The zero-order valence-corrected chi connectivity index (χ0v) is 4.68. The van der Waals surface area contributed by atoms with Gasteiger partial charge in [-0.1, -0.05) is 6.92 Å². The second-order valence-electron chi connectivity index (χ2n) is 1.26. The van der Waals surface area contributed by atoms with Gasteiger partial charge in [-0.3, -0.25) is 0 Å². The number of nitriles is 2. The van der Waals surface area contributed by atoms with Crippen LogP contribution in [0.15, 0.2) is 11.6 Å². The van der Waals surface area contributed by atoms with E-state index in [9.17, 15) is 0 Å². The normalized spacial score (nSPS) is 9.62. The number of rotatable bonds is 1. The van der Waals surface area contributed by atoms with Crippen molar-refractivity contribution in [3.63, 3.8) is 0 Å². The third kappa shape index (κ3) is 2.00. The van der Waals surface area contributed by atoms with E-state index < -0.39 is 0 Å². The molecule has 0 aromatic carbocycles. The highest BCUT2D eigenvalue weighted by molar-refractivity contribution is 5.25. The van der Waals surface area contributed by atoms with Gasteiger partial charge in [-0.2, -0.15) is 10.5 Å². The molecular weight excluding hydrogens is 100 g/mol. The first-order valence-corrected chi connectivity index (χ1v) is 2.34. The molecule has 0 aromatic rings. The molecule has 8 heavy (non-hydrogen) atoms. The predicted molar refractivity (Wildman–Crippen MR) is 29.6 cm³/mol. The summed E-state index contributed by atoms with van der Waals surface area (Å²) in [4.78, 5) is 0. The van der Waals surface area contributed by atoms with Gasteiger partial charge in [0.15, 0.2) is 0 Å².